The Morgan fingerprint density at radius 1 is 1.54 bits per heavy atom. The predicted molar refractivity (Wildman–Crippen MR) is 48.5 cm³/mol. The molecule has 0 spiro atoms. The molecule has 0 saturated carbocycles. The summed E-state index contributed by atoms with van der Waals surface area (Å²) in [4.78, 5) is 10.3. The van der Waals surface area contributed by atoms with Crippen molar-refractivity contribution in [3.8, 4) is 5.75 Å². The lowest BCUT2D eigenvalue weighted by atomic mass is 9.91. The number of aromatic hydroxyl groups is 1. The van der Waals surface area contributed by atoms with Crippen LogP contribution in [0.25, 0.3) is 0 Å². The zero-order valence-corrected chi connectivity index (χ0v) is 7.10. The van der Waals surface area contributed by atoms with E-state index in [1.54, 1.807) is 18.2 Å². The molecule has 1 aromatic rings. The molecule has 1 aromatic carbocycles. The second-order valence-corrected chi connectivity index (χ2v) is 3.29. The second-order valence-electron chi connectivity index (χ2n) is 3.29. The number of phenols is 1. The van der Waals surface area contributed by atoms with Gasteiger partial charge in [0.2, 0.25) is 0 Å². The van der Waals surface area contributed by atoms with Gasteiger partial charge in [-0.15, -0.1) is 0 Å². The first-order chi connectivity index (χ1) is 6.29. The third-order valence-electron chi connectivity index (χ3n) is 2.34. The normalized spacial score (nSPS) is 26.5. The highest BCUT2D eigenvalue weighted by molar-refractivity contribution is 5.60. The summed E-state index contributed by atoms with van der Waals surface area (Å²) in [6.07, 6.45) is 1.74. The summed E-state index contributed by atoms with van der Waals surface area (Å²) in [5, 5.41) is 12.3. The van der Waals surface area contributed by atoms with Crippen molar-refractivity contribution in [1.29, 1.82) is 0 Å². The van der Waals surface area contributed by atoms with Gasteiger partial charge in [0.1, 0.15) is 12.0 Å². The highest BCUT2D eigenvalue weighted by Crippen LogP contribution is 2.28. The van der Waals surface area contributed by atoms with Crippen LogP contribution >= 0.6 is 0 Å². The van der Waals surface area contributed by atoms with Gasteiger partial charge in [0.25, 0.3) is 0 Å². The first-order valence-corrected chi connectivity index (χ1v) is 4.30. The largest absolute Gasteiger partial charge is 0.508 e. The number of hydrogen-bond acceptors (Lipinski definition) is 3. The molecule has 0 radical (unpaired) electrons. The van der Waals surface area contributed by atoms with Gasteiger partial charge in [-0.05, 0) is 24.1 Å². The molecule has 0 aliphatic carbocycles. The monoisotopic (exact) mass is 177 g/mol. The summed E-state index contributed by atoms with van der Waals surface area (Å²) in [6, 6.07) is 7.33. The lowest BCUT2D eigenvalue weighted by molar-refractivity contribution is -0.111. The van der Waals surface area contributed by atoms with Gasteiger partial charge in [-0.25, -0.2) is 0 Å². The van der Waals surface area contributed by atoms with E-state index in [9.17, 15) is 9.90 Å². The average Bonchev–Trinajstić information content (AvgIpc) is 2.02. The van der Waals surface area contributed by atoms with Crippen LogP contribution < -0.4 is 5.32 Å². The Kier molecular flexibility index (Phi) is 2.02. The fourth-order valence-corrected chi connectivity index (χ4v) is 1.56. The molecule has 1 aliphatic heterocycles. The lowest BCUT2D eigenvalue weighted by Crippen LogP contribution is -2.46. The van der Waals surface area contributed by atoms with Crippen molar-refractivity contribution >= 4 is 6.29 Å². The molecule has 2 unspecified atom stereocenters. The van der Waals surface area contributed by atoms with Gasteiger partial charge >= 0.3 is 0 Å². The Morgan fingerprint density at radius 2 is 2.31 bits per heavy atom. The number of hydrogen-bond donors (Lipinski definition) is 2. The molecule has 2 rings (SSSR count). The van der Waals surface area contributed by atoms with Gasteiger partial charge in [-0.2, -0.15) is 0 Å². The minimum Gasteiger partial charge on any atom is -0.508 e. The molecule has 2 N–H and O–H groups in total. The van der Waals surface area contributed by atoms with Crippen molar-refractivity contribution in [2.24, 2.45) is 0 Å². The Labute approximate surface area is 76.4 Å². The number of aldehydes is 1. The Hall–Kier alpha value is -1.35. The molecular formula is C10H11NO2. The smallest absolute Gasteiger partial charge is 0.136 e. The van der Waals surface area contributed by atoms with Gasteiger partial charge < -0.3 is 15.2 Å². The van der Waals surface area contributed by atoms with E-state index in [4.69, 9.17) is 0 Å². The maximum atomic E-state index is 10.3. The number of rotatable bonds is 2. The molecular weight excluding hydrogens is 166 g/mol. The van der Waals surface area contributed by atoms with Crippen LogP contribution in [-0.2, 0) is 4.79 Å². The number of nitrogens with one attached hydrogen (secondary N) is 1. The first kappa shape index (κ1) is 8.26. The lowest BCUT2D eigenvalue weighted by Gasteiger charge is -2.34. The summed E-state index contributed by atoms with van der Waals surface area (Å²) in [7, 11) is 0. The van der Waals surface area contributed by atoms with E-state index in [0.717, 1.165) is 18.3 Å². The van der Waals surface area contributed by atoms with E-state index in [-0.39, 0.29) is 17.8 Å². The van der Waals surface area contributed by atoms with E-state index in [2.05, 4.69) is 5.32 Å². The van der Waals surface area contributed by atoms with Crippen LogP contribution in [0, 0.1) is 0 Å². The molecule has 1 heterocycles. The highest BCUT2D eigenvalue weighted by atomic mass is 16.3. The number of carbonyl (C=O) groups is 1. The molecule has 13 heavy (non-hydrogen) atoms. The number of phenolic OH excluding ortho intramolecular Hbond substituents is 1. The molecule has 1 aliphatic rings. The SMILES string of the molecule is O=CC1CC(c2cccc(O)c2)N1. The van der Waals surface area contributed by atoms with Crippen LogP contribution in [0.2, 0.25) is 0 Å². The third kappa shape index (κ3) is 1.55. The fraction of sp³-hybridized carbons (Fsp3) is 0.300. The minimum atomic E-state index is -0.00708. The van der Waals surface area contributed by atoms with E-state index in [1.807, 2.05) is 6.07 Å². The molecule has 68 valence electrons. The quantitative estimate of drug-likeness (QED) is 0.662. The molecule has 0 amide bonds. The molecule has 3 heteroatoms. The van der Waals surface area contributed by atoms with Crippen LogP contribution in [0.5, 0.6) is 5.75 Å². The predicted octanol–water partition coefficient (Wildman–Crippen LogP) is 0.994. The summed E-state index contributed by atoms with van der Waals surface area (Å²) < 4.78 is 0. The van der Waals surface area contributed by atoms with Crippen molar-refractivity contribution in [2.75, 3.05) is 0 Å². The standard InChI is InChI=1S/C10H11NO2/c12-6-8-5-10(11-8)7-2-1-3-9(13)4-7/h1-4,6,8,10-11,13H,5H2. The molecule has 3 nitrogen and oxygen atoms in total. The molecule has 0 bridgehead atoms. The first-order valence-electron chi connectivity index (χ1n) is 4.30. The van der Waals surface area contributed by atoms with Crippen LogP contribution in [0.4, 0.5) is 0 Å². The van der Waals surface area contributed by atoms with Crippen molar-refractivity contribution in [3.63, 3.8) is 0 Å². The summed E-state index contributed by atoms with van der Waals surface area (Å²) in [6.45, 7) is 0. The topological polar surface area (TPSA) is 49.3 Å². The van der Waals surface area contributed by atoms with Crippen molar-refractivity contribution < 1.29 is 9.90 Å². The van der Waals surface area contributed by atoms with Crippen LogP contribution in [0.1, 0.15) is 18.0 Å². The highest BCUT2D eigenvalue weighted by Gasteiger charge is 2.28. The molecule has 1 saturated heterocycles. The third-order valence-corrected chi connectivity index (χ3v) is 2.34. The zero-order valence-electron chi connectivity index (χ0n) is 7.10. The van der Waals surface area contributed by atoms with E-state index in [0.29, 0.717) is 0 Å². The van der Waals surface area contributed by atoms with Crippen LogP contribution in [0.15, 0.2) is 24.3 Å². The molecule has 2 atom stereocenters. The summed E-state index contributed by atoms with van der Waals surface area (Å²) in [5.41, 5.74) is 1.04. The van der Waals surface area contributed by atoms with E-state index in [1.165, 1.54) is 0 Å². The minimum absolute atomic E-state index is 0.00708. The van der Waals surface area contributed by atoms with Gasteiger partial charge in [-0.3, -0.25) is 0 Å². The fourth-order valence-electron chi connectivity index (χ4n) is 1.56. The zero-order chi connectivity index (χ0) is 9.26. The molecule has 1 fully saturated rings. The number of benzene rings is 1. The Morgan fingerprint density at radius 3 is 2.92 bits per heavy atom. The van der Waals surface area contributed by atoms with Gasteiger partial charge in [0, 0.05) is 6.04 Å². The summed E-state index contributed by atoms with van der Waals surface area (Å²) >= 11 is 0. The van der Waals surface area contributed by atoms with Gasteiger partial charge in [0.15, 0.2) is 0 Å². The maximum Gasteiger partial charge on any atom is 0.136 e. The molecule has 0 aromatic heterocycles. The van der Waals surface area contributed by atoms with Crippen LogP contribution in [-0.4, -0.2) is 17.4 Å². The van der Waals surface area contributed by atoms with Crippen molar-refractivity contribution in [3.05, 3.63) is 29.8 Å². The average molecular weight is 177 g/mol. The second kappa shape index (κ2) is 3.18. The summed E-state index contributed by atoms with van der Waals surface area (Å²) in [5.74, 6) is 0.272. The van der Waals surface area contributed by atoms with E-state index >= 15 is 0 Å². The maximum absolute atomic E-state index is 10.3. The Balaban J connectivity index is 2.07. The number of carbonyl (C=O) groups excluding carboxylic acids is 1. The Bertz CT molecular complexity index is 318. The van der Waals surface area contributed by atoms with E-state index < -0.39 is 0 Å². The van der Waals surface area contributed by atoms with Crippen molar-refractivity contribution in [2.45, 2.75) is 18.5 Å². The van der Waals surface area contributed by atoms with Crippen LogP contribution in [0.3, 0.4) is 0 Å². The van der Waals surface area contributed by atoms with Gasteiger partial charge in [-0.1, -0.05) is 12.1 Å². The van der Waals surface area contributed by atoms with Crippen molar-refractivity contribution in [1.82, 2.24) is 5.32 Å². The van der Waals surface area contributed by atoms with Gasteiger partial charge in [0.05, 0.1) is 6.04 Å².